The van der Waals surface area contributed by atoms with E-state index in [0.717, 1.165) is 28.9 Å². The second-order valence-electron chi connectivity index (χ2n) is 4.29. The molecule has 0 radical (unpaired) electrons. The van der Waals surface area contributed by atoms with Crippen LogP contribution < -0.4 is 10.1 Å². The first kappa shape index (κ1) is 14.6. The van der Waals surface area contributed by atoms with Gasteiger partial charge in [0, 0.05) is 17.6 Å². The molecule has 0 heterocycles. The first-order chi connectivity index (χ1) is 9.78. The van der Waals surface area contributed by atoms with E-state index in [1.807, 2.05) is 48.5 Å². The van der Waals surface area contributed by atoms with Gasteiger partial charge in [0.2, 0.25) is 0 Å². The van der Waals surface area contributed by atoms with Crippen LogP contribution in [0.4, 0.5) is 0 Å². The molecule has 0 unspecified atom stereocenters. The van der Waals surface area contributed by atoms with E-state index in [1.165, 1.54) is 0 Å². The van der Waals surface area contributed by atoms with Crippen molar-refractivity contribution in [2.75, 3.05) is 13.2 Å². The number of hydrogen-bond acceptors (Lipinski definition) is 3. The molecule has 2 rings (SSSR count). The molecule has 0 fully saturated rings. The number of nitrogens with one attached hydrogen (secondary N) is 1. The van der Waals surface area contributed by atoms with E-state index in [9.17, 15) is 0 Å². The lowest BCUT2D eigenvalue weighted by atomic mass is 10.1. The van der Waals surface area contributed by atoms with E-state index in [4.69, 9.17) is 10.00 Å². The summed E-state index contributed by atoms with van der Waals surface area (Å²) in [5.74, 6) is 0.869. The fourth-order valence-corrected chi connectivity index (χ4v) is 1.97. The van der Waals surface area contributed by atoms with E-state index in [-0.39, 0.29) is 0 Å². The Bertz CT molecular complexity index is 573. The van der Waals surface area contributed by atoms with Gasteiger partial charge in [-0.1, -0.05) is 28.1 Å². The van der Waals surface area contributed by atoms with Crippen LogP contribution in [0.2, 0.25) is 0 Å². The lowest BCUT2D eigenvalue weighted by Crippen LogP contribution is -2.20. The third-order valence-electron chi connectivity index (χ3n) is 2.77. The zero-order valence-electron chi connectivity index (χ0n) is 11.0. The Morgan fingerprint density at radius 1 is 1.05 bits per heavy atom. The Morgan fingerprint density at radius 3 is 2.40 bits per heavy atom. The predicted octanol–water partition coefficient (Wildman–Crippen LogP) is 3.49. The molecule has 102 valence electrons. The summed E-state index contributed by atoms with van der Waals surface area (Å²) in [7, 11) is 0. The summed E-state index contributed by atoms with van der Waals surface area (Å²) in [4.78, 5) is 0. The van der Waals surface area contributed by atoms with E-state index in [0.29, 0.717) is 12.2 Å². The van der Waals surface area contributed by atoms with Gasteiger partial charge in [-0.2, -0.15) is 5.26 Å². The molecule has 1 N–H and O–H groups in total. The highest BCUT2D eigenvalue weighted by Gasteiger charge is 1.95. The van der Waals surface area contributed by atoms with Crippen LogP contribution in [0.1, 0.15) is 11.1 Å². The van der Waals surface area contributed by atoms with Crippen LogP contribution in [0.25, 0.3) is 0 Å². The fourth-order valence-electron chi connectivity index (χ4n) is 1.70. The predicted molar refractivity (Wildman–Crippen MR) is 82.5 cm³/mol. The molecular formula is C16H15BrN2O. The fraction of sp³-hybridized carbons (Fsp3) is 0.188. The van der Waals surface area contributed by atoms with Crippen molar-refractivity contribution in [2.24, 2.45) is 0 Å². The molecule has 0 amide bonds. The average molecular weight is 331 g/mol. The van der Waals surface area contributed by atoms with Gasteiger partial charge < -0.3 is 10.1 Å². The van der Waals surface area contributed by atoms with Crippen molar-refractivity contribution >= 4 is 15.9 Å². The van der Waals surface area contributed by atoms with Crippen LogP contribution in [-0.4, -0.2) is 13.2 Å². The molecule has 0 aliphatic heterocycles. The Kier molecular flexibility index (Phi) is 5.60. The number of benzene rings is 2. The highest BCUT2D eigenvalue weighted by atomic mass is 79.9. The first-order valence-corrected chi connectivity index (χ1v) is 7.15. The molecule has 0 atom stereocenters. The summed E-state index contributed by atoms with van der Waals surface area (Å²) in [6, 6.07) is 17.5. The standard InChI is InChI=1S/C16H15BrN2O/c17-15-5-7-16(8-6-15)20-10-9-19-12-14-3-1-13(11-18)2-4-14/h1-8,19H,9-10,12H2. The van der Waals surface area contributed by atoms with E-state index in [2.05, 4.69) is 27.3 Å². The minimum Gasteiger partial charge on any atom is -0.492 e. The second-order valence-corrected chi connectivity index (χ2v) is 5.20. The third-order valence-corrected chi connectivity index (χ3v) is 3.30. The van der Waals surface area contributed by atoms with Crippen molar-refractivity contribution in [1.29, 1.82) is 5.26 Å². The largest absolute Gasteiger partial charge is 0.492 e. The van der Waals surface area contributed by atoms with Gasteiger partial charge in [0.25, 0.3) is 0 Å². The van der Waals surface area contributed by atoms with Crippen LogP contribution in [0.5, 0.6) is 5.75 Å². The number of rotatable bonds is 6. The molecule has 0 aromatic heterocycles. The summed E-state index contributed by atoms with van der Waals surface area (Å²) in [5, 5.41) is 12.0. The molecule has 0 aliphatic rings. The molecule has 4 heteroatoms. The van der Waals surface area contributed by atoms with Gasteiger partial charge in [0.05, 0.1) is 11.6 Å². The number of hydrogen-bond donors (Lipinski definition) is 1. The van der Waals surface area contributed by atoms with Crippen molar-refractivity contribution in [3.05, 3.63) is 64.1 Å². The molecule has 0 aliphatic carbocycles. The van der Waals surface area contributed by atoms with Gasteiger partial charge in [-0.25, -0.2) is 0 Å². The summed E-state index contributed by atoms with van der Waals surface area (Å²) >= 11 is 3.39. The monoisotopic (exact) mass is 330 g/mol. The maximum atomic E-state index is 8.71. The number of nitrogens with zero attached hydrogens (tertiary/aromatic N) is 1. The van der Waals surface area contributed by atoms with E-state index < -0.39 is 0 Å². The average Bonchev–Trinajstić information content (AvgIpc) is 2.49. The van der Waals surface area contributed by atoms with Crippen LogP contribution in [0.15, 0.2) is 53.0 Å². The van der Waals surface area contributed by atoms with Crippen molar-refractivity contribution in [1.82, 2.24) is 5.32 Å². The molecule has 0 saturated carbocycles. The van der Waals surface area contributed by atoms with Gasteiger partial charge in [0.15, 0.2) is 0 Å². The van der Waals surface area contributed by atoms with Gasteiger partial charge in [-0.15, -0.1) is 0 Å². The van der Waals surface area contributed by atoms with Gasteiger partial charge in [-0.3, -0.25) is 0 Å². The zero-order chi connectivity index (χ0) is 14.2. The molecule has 20 heavy (non-hydrogen) atoms. The van der Waals surface area contributed by atoms with Gasteiger partial charge in [-0.05, 0) is 42.0 Å². The Labute approximate surface area is 127 Å². The summed E-state index contributed by atoms with van der Waals surface area (Å²) in [6.07, 6.45) is 0. The Balaban J connectivity index is 1.66. The van der Waals surface area contributed by atoms with Crippen LogP contribution in [-0.2, 0) is 6.54 Å². The molecule has 0 saturated heterocycles. The lowest BCUT2D eigenvalue weighted by molar-refractivity contribution is 0.313. The third kappa shape index (κ3) is 4.69. The maximum absolute atomic E-state index is 8.71. The highest BCUT2D eigenvalue weighted by Crippen LogP contribution is 2.15. The SMILES string of the molecule is N#Cc1ccc(CNCCOc2ccc(Br)cc2)cc1. The van der Waals surface area contributed by atoms with Gasteiger partial charge >= 0.3 is 0 Å². The van der Waals surface area contributed by atoms with Crippen molar-refractivity contribution in [2.45, 2.75) is 6.54 Å². The molecule has 0 bridgehead atoms. The van der Waals surface area contributed by atoms with Crippen LogP contribution >= 0.6 is 15.9 Å². The van der Waals surface area contributed by atoms with E-state index in [1.54, 1.807) is 0 Å². The zero-order valence-corrected chi connectivity index (χ0v) is 12.6. The quantitative estimate of drug-likeness (QED) is 0.824. The topological polar surface area (TPSA) is 45.0 Å². The maximum Gasteiger partial charge on any atom is 0.119 e. The smallest absolute Gasteiger partial charge is 0.119 e. The van der Waals surface area contributed by atoms with Crippen LogP contribution in [0.3, 0.4) is 0 Å². The number of halogens is 1. The Morgan fingerprint density at radius 2 is 1.75 bits per heavy atom. The highest BCUT2D eigenvalue weighted by molar-refractivity contribution is 9.10. The summed E-state index contributed by atoms with van der Waals surface area (Å²) < 4.78 is 6.65. The Hall–Kier alpha value is -1.83. The van der Waals surface area contributed by atoms with Crippen molar-refractivity contribution in [3.63, 3.8) is 0 Å². The minimum absolute atomic E-state index is 0.623. The molecule has 2 aromatic carbocycles. The molecular weight excluding hydrogens is 316 g/mol. The second kappa shape index (κ2) is 7.68. The molecule has 0 spiro atoms. The lowest BCUT2D eigenvalue weighted by Gasteiger charge is -2.08. The van der Waals surface area contributed by atoms with Gasteiger partial charge in [0.1, 0.15) is 12.4 Å². The number of nitriles is 1. The van der Waals surface area contributed by atoms with Crippen molar-refractivity contribution in [3.8, 4) is 11.8 Å². The van der Waals surface area contributed by atoms with Crippen LogP contribution in [0, 0.1) is 11.3 Å². The molecule has 2 aromatic rings. The number of ether oxygens (including phenoxy) is 1. The first-order valence-electron chi connectivity index (χ1n) is 6.36. The van der Waals surface area contributed by atoms with E-state index >= 15 is 0 Å². The molecule has 3 nitrogen and oxygen atoms in total. The minimum atomic E-state index is 0.623. The van der Waals surface area contributed by atoms with Crippen molar-refractivity contribution < 1.29 is 4.74 Å². The normalized spacial score (nSPS) is 10.0. The summed E-state index contributed by atoms with van der Waals surface area (Å²) in [6.45, 7) is 2.17. The summed E-state index contributed by atoms with van der Waals surface area (Å²) in [5.41, 5.74) is 1.85.